The molecule has 2 nitrogen and oxygen atoms in total. The van der Waals surface area contributed by atoms with Crippen LogP contribution in [0.1, 0.15) is 25.0 Å². The van der Waals surface area contributed by atoms with Gasteiger partial charge in [0, 0.05) is 11.6 Å². The van der Waals surface area contributed by atoms with Crippen molar-refractivity contribution in [3.8, 4) is 16.9 Å². The molecule has 0 spiro atoms. The van der Waals surface area contributed by atoms with Crippen LogP contribution in [0.25, 0.3) is 11.1 Å². The zero-order chi connectivity index (χ0) is 15.2. The van der Waals surface area contributed by atoms with E-state index in [9.17, 15) is 0 Å². The molecule has 21 heavy (non-hydrogen) atoms. The summed E-state index contributed by atoms with van der Waals surface area (Å²) in [6, 6.07) is 15.6. The first-order chi connectivity index (χ1) is 10.1. The van der Waals surface area contributed by atoms with Gasteiger partial charge in [-0.15, -0.1) is 0 Å². The maximum absolute atomic E-state index is 5.47. The number of rotatable bonds is 6. The van der Waals surface area contributed by atoms with Gasteiger partial charge in [0.25, 0.3) is 0 Å². The lowest BCUT2D eigenvalue weighted by molar-refractivity contribution is 0.416. The van der Waals surface area contributed by atoms with Crippen molar-refractivity contribution in [1.29, 1.82) is 0 Å². The predicted octanol–water partition coefficient (Wildman–Crippen LogP) is 4.21. The first-order valence-corrected chi connectivity index (χ1v) is 7.61. The number of nitrogens with one attached hydrogen (secondary N) is 1. The van der Waals surface area contributed by atoms with Crippen LogP contribution in [0.15, 0.2) is 42.5 Å². The minimum Gasteiger partial charge on any atom is -0.496 e. The topological polar surface area (TPSA) is 21.3 Å². The lowest BCUT2D eigenvalue weighted by Crippen LogP contribution is -2.27. The average molecular weight is 283 g/mol. The summed E-state index contributed by atoms with van der Waals surface area (Å²) in [6.45, 7) is 7.49. The van der Waals surface area contributed by atoms with E-state index in [1.54, 1.807) is 7.11 Å². The molecule has 0 aliphatic carbocycles. The lowest BCUT2D eigenvalue weighted by Gasteiger charge is -2.13. The van der Waals surface area contributed by atoms with Crippen LogP contribution in [0.3, 0.4) is 0 Å². The van der Waals surface area contributed by atoms with Gasteiger partial charge in [-0.1, -0.05) is 42.8 Å². The molecule has 0 heterocycles. The smallest absolute Gasteiger partial charge is 0.126 e. The van der Waals surface area contributed by atoms with Crippen molar-refractivity contribution in [2.24, 2.45) is 0 Å². The summed E-state index contributed by atoms with van der Waals surface area (Å²) in [5.74, 6) is 0.925. The van der Waals surface area contributed by atoms with Gasteiger partial charge in [-0.05, 0) is 50.1 Å². The van der Waals surface area contributed by atoms with E-state index in [-0.39, 0.29) is 0 Å². The van der Waals surface area contributed by atoms with Crippen LogP contribution >= 0.6 is 0 Å². The SMILES string of the molecule is CCNC(C)Cc1ccc(-c2cc(C)ccc2OC)cc1. The van der Waals surface area contributed by atoms with E-state index in [1.165, 1.54) is 16.7 Å². The second kappa shape index (κ2) is 7.28. The summed E-state index contributed by atoms with van der Waals surface area (Å²) in [7, 11) is 1.72. The largest absolute Gasteiger partial charge is 0.496 e. The Kier molecular flexibility index (Phi) is 5.40. The van der Waals surface area contributed by atoms with Crippen LogP contribution in [0.2, 0.25) is 0 Å². The first kappa shape index (κ1) is 15.6. The molecule has 0 saturated carbocycles. The molecule has 2 aromatic carbocycles. The van der Waals surface area contributed by atoms with E-state index in [0.717, 1.165) is 24.3 Å². The predicted molar refractivity (Wildman–Crippen MR) is 90.0 cm³/mol. The van der Waals surface area contributed by atoms with Crippen LogP contribution in [-0.2, 0) is 6.42 Å². The maximum Gasteiger partial charge on any atom is 0.126 e. The van der Waals surface area contributed by atoms with Gasteiger partial charge in [-0.2, -0.15) is 0 Å². The Hall–Kier alpha value is -1.80. The Morgan fingerprint density at radius 1 is 1.10 bits per heavy atom. The quantitative estimate of drug-likeness (QED) is 0.857. The summed E-state index contributed by atoms with van der Waals surface area (Å²) < 4.78 is 5.47. The van der Waals surface area contributed by atoms with Gasteiger partial charge in [0.1, 0.15) is 5.75 Å². The van der Waals surface area contributed by atoms with Crippen molar-refractivity contribution in [3.63, 3.8) is 0 Å². The van der Waals surface area contributed by atoms with Gasteiger partial charge >= 0.3 is 0 Å². The van der Waals surface area contributed by atoms with E-state index in [2.05, 4.69) is 62.5 Å². The fourth-order valence-corrected chi connectivity index (χ4v) is 2.64. The fraction of sp³-hybridized carbons (Fsp3) is 0.368. The Morgan fingerprint density at radius 2 is 1.81 bits per heavy atom. The van der Waals surface area contributed by atoms with Crippen LogP contribution < -0.4 is 10.1 Å². The standard InChI is InChI=1S/C19H25NO/c1-5-20-15(3)13-16-7-9-17(10-8-16)18-12-14(2)6-11-19(18)21-4/h6-12,15,20H,5,13H2,1-4H3. The molecule has 1 atom stereocenters. The number of hydrogen-bond donors (Lipinski definition) is 1. The van der Waals surface area contributed by atoms with Gasteiger partial charge in [0.2, 0.25) is 0 Å². The molecule has 2 heteroatoms. The number of benzene rings is 2. The first-order valence-electron chi connectivity index (χ1n) is 7.61. The Bertz CT molecular complexity index is 575. The molecule has 0 aliphatic rings. The summed E-state index contributed by atoms with van der Waals surface area (Å²) in [5.41, 5.74) is 4.97. The van der Waals surface area contributed by atoms with Gasteiger partial charge in [0.05, 0.1) is 7.11 Å². The highest BCUT2D eigenvalue weighted by atomic mass is 16.5. The molecular formula is C19H25NO. The molecule has 0 aromatic heterocycles. The maximum atomic E-state index is 5.47. The molecule has 2 rings (SSSR count). The molecule has 0 fully saturated rings. The number of methoxy groups -OCH3 is 1. The van der Waals surface area contributed by atoms with Crippen LogP contribution in [0.4, 0.5) is 0 Å². The zero-order valence-electron chi connectivity index (χ0n) is 13.4. The highest BCUT2D eigenvalue weighted by molar-refractivity contribution is 5.71. The highest BCUT2D eigenvalue weighted by Gasteiger charge is 2.07. The Balaban J connectivity index is 2.21. The van der Waals surface area contributed by atoms with Gasteiger partial charge < -0.3 is 10.1 Å². The third kappa shape index (κ3) is 4.08. The molecule has 2 aromatic rings. The van der Waals surface area contributed by atoms with Gasteiger partial charge in [0.15, 0.2) is 0 Å². The van der Waals surface area contributed by atoms with E-state index in [4.69, 9.17) is 4.74 Å². The zero-order valence-corrected chi connectivity index (χ0v) is 13.4. The molecule has 0 aliphatic heterocycles. The van der Waals surface area contributed by atoms with Crippen molar-refractivity contribution in [2.45, 2.75) is 33.2 Å². The molecule has 1 N–H and O–H groups in total. The van der Waals surface area contributed by atoms with Crippen LogP contribution in [0.5, 0.6) is 5.75 Å². The molecule has 0 saturated heterocycles. The lowest BCUT2D eigenvalue weighted by atomic mass is 9.99. The second-order valence-electron chi connectivity index (χ2n) is 5.56. The van der Waals surface area contributed by atoms with E-state index >= 15 is 0 Å². The van der Waals surface area contributed by atoms with Crippen molar-refractivity contribution < 1.29 is 4.74 Å². The van der Waals surface area contributed by atoms with Crippen LogP contribution in [-0.4, -0.2) is 19.7 Å². The van der Waals surface area contributed by atoms with Crippen molar-refractivity contribution in [3.05, 3.63) is 53.6 Å². The second-order valence-corrected chi connectivity index (χ2v) is 5.56. The van der Waals surface area contributed by atoms with Gasteiger partial charge in [-0.25, -0.2) is 0 Å². The average Bonchev–Trinajstić information content (AvgIpc) is 2.48. The minimum absolute atomic E-state index is 0.509. The molecule has 112 valence electrons. The molecule has 0 amide bonds. The third-order valence-electron chi connectivity index (χ3n) is 3.71. The van der Waals surface area contributed by atoms with Crippen LogP contribution in [0, 0.1) is 6.92 Å². The van der Waals surface area contributed by atoms with Crippen molar-refractivity contribution in [1.82, 2.24) is 5.32 Å². The summed E-state index contributed by atoms with van der Waals surface area (Å²) in [4.78, 5) is 0. The van der Waals surface area contributed by atoms with E-state index in [0.29, 0.717) is 6.04 Å². The highest BCUT2D eigenvalue weighted by Crippen LogP contribution is 2.31. The van der Waals surface area contributed by atoms with E-state index < -0.39 is 0 Å². The van der Waals surface area contributed by atoms with Gasteiger partial charge in [-0.3, -0.25) is 0 Å². The normalized spacial score (nSPS) is 12.2. The summed E-state index contributed by atoms with van der Waals surface area (Å²) >= 11 is 0. The summed E-state index contributed by atoms with van der Waals surface area (Å²) in [6.07, 6.45) is 1.05. The molecule has 0 bridgehead atoms. The number of likely N-dealkylation sites (N-methyl/N-ethyl adjacent to an activating group) is 1. The van der Waals surface area contributed by atoms with E-state index in [1.807, 2.05) is 6.07 Å². The Labute approximate surface area is 128 Å². The Morgan fingerprint density at radius 3 is 2.43 bits per heavy atom. The number of hydrogen-bond acceptors (Lipinski definition) is 2. The van der Waals surface area contributed by atoms with Crippen molar-refractivity contribution in [2.75, 3.05) is 13.7 Å². The summed E-state index contributed by atoms with van der Waals surface area (Å²) in [5, 5.41) is 3.45. The number of ether oxygens (including phenoxy) is 1. The molecule has 0 radical (unpaired) electrons. The molecule has 1 unspecified atom stereocenters. The molecular weight excluding hydrogens is 258 g/mol. The van der Waals surface area contributed by atoms with Crippen molar-refractivity contribution >= 4 is 0 Å². The monoisotopic (exact) mass is 283 g/mol. The number of aryl methyl sites for hydroxylation is 1. The third-order valence-corrected chi connectivity index (χ3v) is 3.71. The minimum atomic E-state index is 0.509. The fourth-order valence-electron chi connectivity index (χ4n) is 2.64.